The highest BCUT2D eigenvalue weighted by Crippen LogP contribution is 2.28. The molecular weight excluding hydrogens is 364 g/mol. The van der Waals surface area contributed by atoms with E-state index in [1.807, 2.05) is 0 Å². The predicted molar refractivity (Wildman–Crippen MR) is 98.6 cm³/mol. The summed E-state index contributed by atoms with van der Waals surface area (Å²) in [5, 5.41) is 10.6. The molecule has 1 fully saturated rings. The third kappa shape index (κ3) is 4.39. The number of aliphatic hydroxyl groups is 1. The van der Waals surface area contributed by atoms with Crippen LogP contribution >= 0.6 is 0 Å². The van der Waals surface area contributed by atoms with E-state index >= 15 is 0 Å². The van der Waals surface area contributed by atoms with E-state index in [0.717, 1.165) is 0 Å². The summed E-state index contributed by atoms with van der Waals surface area (Å²) in [5.41, 5.74) is 0.634. The highest BCUT2D eigenvalue weighted by atomic mass is 16.7. The average Bonchev–Trinajstić information content (AvgIpc) is 2.74. The number of carbonyl (C=O) groups excluding carboxylic acids is 2. The maximum absolute atomic E-state index is 12.5. The van der Waals surface area contributed by atoms with E-state index in [0.29, 0.717) is 11.1 Å². The number of rotatable bonds is 5. The number of hydrogen-bond acceptors (Lipinski definition) is 7. The molecule has 0 amide bonds. The van der Waals surface area contributed by atoms with Crippen LogP contribution in [-0.2, 0) is 18.9 Å². The number of ether oxygens (including phenoxy) is 4. The molecule has 0 saturated carbocycles. The zero-order chi connectivity index (χ0) is 20.1. The first-order chi connectivity index (χ1) is 13.5. The number of aliphatic hydroxyl groups excluding tert-OH is 1. The minimum absolute atomic E-state index is 0.316. The van der Waals surface area contributed by atoms with Crippen LogP contribution in [0.25, 0.3) is 0 Å². The van der Waals surface area contributed by atoms with Crippen molar-refractivity contribution in [1.82, 2.24) is 0 Å². The van der Waals surface area contributed by atoms with Crippen LogP contribution in [0, 0.1) is 0 Å². The molecule has 5 atom stereocenters. The average molecular weight is 386 g/mol. The number of methoxy groups -OCH3 is 1. The number of hydrogen-bond donors (Lipinski definition) is 1. The summed E-state index contributed by atoms with van der Waals surface area (Å²) in [6.45, 7) is 1.62. The van der Waals surface area contributed by atoms with Crippen LogP contribution in [0.4, 0.5) is 0 Å². The zero-order valence-electron chi connectivity index (χ0n) is 15.6. The van der Waals surface area contributed by atoms with Gasteiger partial charge >= 0.3 is 11.9 Å². The molecule has 0 aromatic heterocycles. The smallest absolute Gasteiger partial charge is 0.338 e. The Hall–Kier alpha value is -2.74. The SMILES string of the molecule is CO[C@H]1O[C@H](C)[C@@H](O)[C@H](OC(=O)c2ccccc2)[C@H]1OC(=O)c1ccccc1. The molecule has 2 aromatic rings. The summed E-state index contributed by atoms with van der Waals surface area (Å²) in [4.78, 5) is 25.0. The Bertz CT molecular complexity index is 739. The van der Waals surface area contributed by atoms with Gasteiger partial charge in [0.05, 0.1) is 17.2 Å². The topological polar surface area (TPSA) is 91.3 Å². The molecule has 7 nitrogen and oxygen atoms in total. The van der Waals surface area contributed by atoms with E-state index in [4.69, 9.17) is 18.9 Å². The molecule has 1 aliphatic heterocycles. The van der Waals surface area contributed by atoms with Crippen molar-refractivity contribution < 1.29 is 33.6 Å². The molecule has 1 heterocycles. The maximum Gasteiger partial charge on any atom is 0.338 e. The Kier molecular flexibility index (Phi) is 6.41. The quantitative estimate of drug-likeness (QED) is 0.788. The van der Waals surface area contributed by atoms with Gasteiger partial charge in [0.25, 0.3) is 0 Å². The summed E-state index contributed by atoms with van der Waals surface area (Å²) in [6.07, 6.45) is -5.19. The van der Waals surface area contributed by atoms with Gasteiger partial charge in [-0.3, -0.25) is 0 Å². The van der Waals surface area contributed by atoms with Crippen molar-refractivity contribution in [3.8, 4) is 0 Å². The summed E-state index contributed by atoms with van der Waals surface area (Å²) < 4.78 is 21.9. The van der Waals surface area contributed by atoms with E-state index in [2.05, 4.69) is 0 Å². The lowest BCUT2D eigenvalue weighted by atomic mass is 9.99. The summed E-state index contributed by atoms with van der Waals surface area (Å²) >= 11 is 0. The molecule has 0 aliphatic carbocycles. The lowest BCUT2D eigenvalue weighted by molar-refractivity contribution is -0.284. The van der Waals surface area contributed by atoms with E-state index < -0.39 is 42.6 Å². The maximum atomic E-state index is 12.5. The highest BCUT2D eigenvalue weighted by molar-refractivity contribution is 5.90. The molecule has 7 heteroatoms. The van der Waals surface area contributed by atoms with Crippen molar-refractivity contribution in [1.29, 1.82) is 0 Å². The first kappa shape index (κ1) is 20.0. The normalized spacial score (nSPS) is 27.0. The van der Waals surface area contributed by atoms with Gasteiger partial charge in [-0.15, -0.1) is 0 Å². The van der Waals surface area contributed by atoms with E-state index in [-0.39, 0.29) is 0 Å². The van der Waals surface area contributed by atoms with Gasteiger partial charge in [0.15, 0.2) is 18.5 Å². The fraction of sp³-hybridized carbons (Fsp3) is 0.333. The largest absolute Gasteiger partial charge is 0.452 e. The predicted octanol–water partition coefficient (Wildman–Crippen LogP) is 2.19. The van der Waals surface area contributed by atoms with Gasteiger partial charge in [0.1, 0.15) is 6.10 Å². The van der Waals surface area contributed by atoms with E-state index in [1.54, 1.807) is 67.6 Å². The lowest BCUT2D eigenvalue weighted by Crippen LogP contribution is -2.60. The van der Waals surface area contributed by atoms with Crippen LogP contribution in [0.15, 0.2) is 60.7 Å². The second-order valence-electron chi connectivity index (χ2n) is 6.41. The minimum atomic E-state index is -1.20. The second-order valence-corrected chi connectivity index (χ2v) is 6.41. The zero-order valence-corrected chi connectivity index (χ0v) is 15.6. The molecule has 1 aliphatic rings. The van der Waals surface area contributed by atoms with Crippen molar-refractivity contribution in [2.45, 2.75) is 37.6 Å². The summed E-state index contributed by atoms with van der Waals surface area (Å²) in [5.74, 6) is -1.28. The molecule has 28 heavy (non-hydrogen) atoms. The Labute approximate surface area is 162 Å². The minimum Gasteiger partial charge on any atom is -0.452 e. The van der Waals surface area contributed by atoms with Crippen molar-refractivity contribution in [2.24, 2.45) is 0 Å². The van der Waals surface area contributed by atoms with Crippen LogP contribution in [0.2, 0.25) is 0 Å². The third-order valence-corrected chi connectivity index (χ3v) is 4.50. The molecule has 1 N–H and O–H groups in total. The molecule has 0 spiro atoms. The van der Waals surface area contributed by atoms with Gasteiger partial charge in [-0.2, -0.15) is 0 Å². The number of carbonyl (C=O) groups is 2. The standard InChI is InChI=1S/C21H22O7/c1-13-16(22)17(27-19(23)14-9-5-3-6-10-14)18(21(25-2)26-13)28-20(24)15-11-7-4-8-12-15/h3-13,16-18,21-22H,1-2H3/t13-,16-,17+,18-,21+/m1/s1. The van der Waals surface area contributed by atoms with Crippen molar-refractivity contribution >= 4 is 11.9 Å². The fourth-order valence-corrected chi connectivity index (χ4v) is 2.97. The molecule has 148 valence electrons. The van der Waals surface area contributed by atoms with Gasteiger partial charge in [-0.1, -0.05) is 36.4 Å². The fourth-order valence-electron chi connectivity index (χ4n) is 2.97. The van der Waals surface area contributed by atoms with Gasteiger partial charge in [-0.05, 0) is 31.2 Å². The van der Waals surface area contributed by atoms with Gasteiger partial charge in [-0.25, -0.2) is 9.59 Å². The van der Waals surface area contributed by atoms with E-state index in [9.17, 15) is 14.7 Å². The number of benzene rings is 2. The van der Waals surface area contributed by atoms with Gasteiger partial charge in [0, 0.05) is 7.11 Å². The third-order valence-electron chi connectivity index (χ3n) is 4.50. The Morgan fingerprint density at radius 3 is 1.79 bits per heavy atom. The first-order valence-electron chi connectivity index (χ1n) is 8.89. The lowest BCUT2D eigenvalue weighted by Gasteiger charge is -2.41. The van der Waals surface area contributed by atoms with Crippen LogP contribution in [0.1, 0.15) is 27.6 Å². The summed E-state index contributed by atoms with van der Waals surface area (Å²) in [6, 6.07) is 16.7. The van der Waals surface area contributed by atoms with E-state index in [1.165, 1.54) is 7.11 Å². The van der Waals surface area contributed by atoms with Crippen molar-refractivity contribution in [2.75, 3.05) is 7.11 Å². The molecule has 0 radical (unpaired) electrons. The second kappa shape index (κ2) is 8.97. The molecule has 0 unspecified atom stereocenters. The van der Waals surface area contributed by atoms with Gasteiger partial charge in [0.2, 0.25) is 0 Å². The van der Waals surface area contributed by atoms with Crippen LogP contribution < -0.4 is 0 Å². The molecule has 0 bridgehead atoms. The Balaban J connectivity index is 1.83. The van der Waals surface area contributed by atoms with Crippen LogP contribution in [0.5, 0.6) is 0 Å². The Morgan fingerprint density at radius 1 is 0.857 bits per heavy atom. The molecular formula is C21H22O7. The van der Waals surface area contributed by atoms with Crippen molar-refractivity contribution in [3.63, 3.8) is 0 Å². The first-order valence-corrected chi connectivity index (χ1v) is 8.89. The highest BCUT2D eigenvalue weighted by Gasteiger charge is 2.48. The van der Waals surface area contributed by atoms with Gasteiger partial charge < -0.3 is 24.1 Å². The van der Waals surface area contributed by atoms with Crippen LogP contribution in [-0.4, -0.2) is 54.9 Å². The molecule has 2 aromatic carbocycles. The number of esters is 2. The summed E-state index contributed by atoms with van der Waals surface area (Å²) in [7, 11) is 1.38. The Morgan fingerprint density at radius 2 is 1.32 bits per heavy atom. The monoisotopic (exact) mass is 386 g/mol. The van der Waals surface area contributed by atoms with Crippen molar-refractivity contribution in [3.05, 3.63) is 71.8 Å². The van der Waals surface area contributed by atoms with Crippen LogP contribution in [0.3, 0.4) is 0 Å². The molecule has 1 saturated heterocycles. The molecule has 3 rings (SSSR count).